The van der Waals surface area contributed by atoms with Crippen LogP contribution in [0.25, 0.3) is 0 Å². The lowest BCUT2D eigenvalue weighted by atomic mass is 9.97. The predicted octanol–water partition coefficient (Wildman–Crippen LogP) is 4.74. The third kappa shape index (κ3) is 5.96. The van der Waals surface area contributed by atoms with Gasteiger partial charge in [0.2, 0.25) is 5.91 Å². The van der Waals surface area contributed by atoms with Crippen LogP contribution in [0.2, 0.25) is 0 Å². The summed E-state index contributed by atoms with van der Waals surface area (Å²) < 4.78 is 26.0. The van der Waals surface area contributed by atoms with Gasteiger partial charge in [0.25, 0.3) is 0 Å². The molecule has 0 aromatic heterocycles. The molecule has 1 heterocycles. The minimum absolute atomic E-state index is 0.000289. The Balaban J connectivity index is 1.39. The fraction of sp³-hybridized carbons (Fsp3) is 0.464. The molecule has 190 valence electrons. The minimum atomic E-state index is -0.942. The summed E-state index contributed by atoms with van der Waals surface area (Å²) in [4.78, 5) is 27.6. The third-order valence-corrected chi connectivity index (χ3v) is 6.63. The van der Waals surface area contributed by atoms with Gasteiger partial charge in [0, 0.05) is 18.5 Å². The van der Waals surface area contributed by atoms with Crippen molar-refractivity contribution in [3.05, 3.63) is 65.5 Å². The third-order valence-electron chi connectivity index (χ3n) is 6.63. The topological polar surface area (TPSA) is 91.7 Å². The van der Waals surface area contributed by atoms with Crippen molar-refractivity contribution in [3.8, 4) is 11.8 Å². The van der Waals surface area contributed by atoms with E-state index in [0.29, 0.717) is 17.9 Å². The van der Waals surface area contributed by atoms with E-state index in [2.05, 4.69) is 11.4 Å². The van der Waals surface area contributed by atoms with Gasteiger partial charge in [0.15, 0.2) is 0 Å². The molecule has 2 amide bonds. The lowest BCUT2D eigenvalue weighted by Gasteiger charge is -2.35. The van der Waals surface area contributed by atoms with Crippen molar-refractivity contribution >= 4 is 12.0 Å². The monoisotopic (exact) mass is 493 g/mol. The molecule has 4 atom stereocenters. The van der Waals surface area contributed by atoms with Crippen LogP contribution in [0.1, 0.15) is 51.2 Å². The molecule has 8 heteroatoms. The Bertz CT molecular complexity index is 1140. The minimum Gasteiger partial charge on any atom is -0.489 e. The van der Waals surface area contributed by atoms with Crippen LogP contribution < -0.4 is 10.1 Å². The number of carbonyl (C=O) groups excluding carboxylic acids is 2. The first-order chi connectivity index (χ1) is 17.1. The average Bonchev–Trinajstić information content (AvgIpc) is 3.45. The Kier molecular flexibility index (Phi) is 7.48. The number of nitrogens with one attached hydrogen (secondary N) is 1. The van der Waals surface area contributed by atoms with E-state index >= 15 is 0 Å². The maximum Gasteiger partial charge on any atom is 0.411 e. The average molecular weight is 494 g/mol. The van der Waals surface area contributed by atoms with Crippen LogP contribution in [-0.4, -0.2) is 40.6 Å². The van der Waals surface area contributed by atoms with Gasteiger partial charge in [-0.2, -0.15) is 5.26 Å². The second-order valence-electron chi connectivity index (χ2n) is 10.5. The van der Waals surface area contributed by atoms with Gasteiger partial charge in [-0.3, -0.25) is 9.69 Å². The van der Waals surface area contributed by atoms with Crippen LogP contribution in [0.4, 0.5) is 9.18 Å². The number of amides is 2. The van der Waals surface area contributed by atoms with Crippen molar-refractivity contribution in [2.24, 2.45) is 5.92 Å². The highest BCUT2D eigenvalue weighted by molar-refractivity contribution is 5.87. The SMILES string of the molecule is CC(C)(C)OC(=O)N1C(C(=O)N[C@H](C#N)Cc2ccc(OCc3ccccc3)cc2F)[C@H]2CC[C@@H]1C2. The molecule has 36 heavy (non-hydrogen) atoms. The highest BCUT2D eigenvalue weighted by Crippen LogP contribution is 2.43. The first-order valence-electron chi connectivity index (χ1n) is 12.3. The first kappa shape index (κ1) is 25.5. The molecule has 1 unspecified atom stereocenters. The van der Waals surface area contributed by atoms with Gasteiger partial charge in [-0.05, 0) is 63.1 Å². The second kappa shape index (κ2) is 10.6. The number of nitrogens with zero attached hydrogens (tertiary/aromatic N) is 2. The highest BCUT2D eigenvalue weighted by atomic mass is 19.1. The van der Waals surface area contributed by atoms with Crippen molar-refractivity contribution in [3.63, 3.8) is 0 Å². The van der Waals surface area contributed by atoms with E-state index in [4.69, 9.17) is 9.47 Å². The number of benzene rings is 2. The number of hydrogen-bond acceptors (Lipinski definition) is 5. The number of hydrogen-bond donors (Lipinski definition) is 1. The van der Waals surface area contributed by atoms with Crippen molar-refractivity contribution in [1.82, 2.24) is 10.2 Å². The molecule has 4 rings (SSSR count). The van der Waals surface area contributed by atoms with Crippen LogP contribution in [0.15, 0.2) is 48.5 Å². The van der Waals surface area contributed by atoms with Gasteiger partial charge in [-0.1, -0.05) is 36.4 Å². The first-order valence-corrected chi connectivity index (χ1v) is 12.3. The summed E-state index contributed by atoms with van der Waals surface area (Å²) in [6.07, 6.45) is 1.91. The van der Waals surface area contributed by atoms with E-state index in [0.717, 1.165) is 24.8 Å². The van der Waals surface area contributed by atoms with E-state index in [9.17, 15) is 19.2 Å². The van der Waals surface area contributed by atoms with E-state index < -0.39 is 35.5 Å². The summed E-state index contributed by atoms with van der Waals surface area (Å²) in [5, 5.41) is 12.4. The van der Waals surface area contributed by atoms with Crippen LogP contribution in [0.5, 0.6) is 5.75 Å². The molecule has 1 saturated heterocycles. The zero-order valence-electron chi connectivity index (χ0n) is 20.9. The number of fused-ring (bicyclic) bond motifs is 2. The molecule has 2 aromatic carbocycles. The fourth-order valence-electron chi connectivity index (χ4n) is 5.03. The van der Waals surface area contributed by atoms with Crippen molar-refractivity contribution in [1.29, 1.82) is 5.26 Å². The number of halogens is 1. The predicted molar refractivity (Wildman–Crippen MR) is 131 cm³/mol. The van der Waals surface area contributed by atoms with Gasteiger partial charge in [-0.25, -0.2) is 9.18 Å². The Hall–Kier alpha value is -3.60. The summed E-state index contributed by atoms with van der Waals surface area (Å²) in [6, 6.07) is 14.5. The molecule has 1 aliphatic heterocycles. The van der Waals surface area contributed by atoms with Gasteiger partial charge >= 0.3 is 6.09 Å². The van der Waals surface area contributed by atoms with Crippen molar-refractivity contribution in [2.75, 3.05) is 0 Å². The molecule has 0 spiro atoms. The number of rotatable bonds is 7. The van der Waals surface area contributed by atoms with Crippen LogP contribution >= 0.6 is 0 Å². The normalized spacial score (nSPS) is 21.5. The Labute approximate surface area is 211 Å². The maximum atomic E-state index is 14.8. The molecular weight excluding hydrogens is 461 g/mol. The second-order valence-corrected chi connectivity index (χ2v) is 10.5. The quantitative estimate of drug-likeness (QED) is 0.601. The Morgan fingerprint density at radius 2 is 1.94 bits per heavy atom. The maximum absolute atomic E-state index is 14.8. The van der Waals surface area contributed by atoms with Crippen LogP contribution in [0.3, 0.4) is 0 Å². The molecule has 7 nitrogen and oxygen atoms in total. The lowest BCUT2D eigenvalue weighted by molar-refractivity contribution is -0.128. The molecule has 2 fully saturated rings. The summed E-state index contributed by atoms with van der Waals surface area (Å²) >= 11 is 0. The molecular formula is C28H32FN3O4. The largest absolute Gasteiger partial charge is 0.489 e. The number of nitriles is 1. The van der Waals surface area contributed by atoms with Gasteiger partial charge < -0.3 is 14.8 Å². The van der Waals surface area contributed by atoms with Crippen molar-refractivity contribution < 1.29 is 23.5 Å². The highest BCUT2D eigenvalue weighted by Gasteiger charge is 2.52. The number of ether oxygens (including phenoxy) is 2. The molecule has 1 aliphatic carbocycles. The van der Waals surface area contributed by atoms with Crippen molar-refractivity contribution in [2.45, 2.75) is 76.8 Å². The molecule has 1 saturated carbocycles. The molecule has 2 bridgehead atoms. The number of piperidine rings is 1. The Morgan fingerprint density at radius 3 is 2.61 bits per heavy atom. The van der Waals surface area contributed by atoms with E-state index in [1.807, 2.05) is 30.3 Å². The smallest absolute Gasteiger partial charge is 0.411 e. The van der Waals surface area contributed by atoms with Crippen LogP contribution in [-0.2, 0) is 22.6 Å². The van der Waals surface area contributed by atoms with Gasteiger partial charge in [0.05, 0.1) is 6.07 Å². The van der Waals surface area contributed by atoms with Crippen LogP contribution in [0, 0.1) is 23.1 Å². The number of carbonyl (C=O) groups is 2. The summed E-state index contributed by atoms with van der Waals surface area (Å²) in [5.74, 6) is -0.500. The van der Waals surface area contributed by atoms with E-state index in [1.54, 1.807) is 32.9 Å². The molecule has 2 aromatic rings. The molecule has 0 radical (unpaired) electrons. The summed E-state index contributed by atoms with van der Waals surface area (Å²) in [5.41, 5.74) is 0.588. The zero-order chi connectivity index (χ0) is 25.9. The van der Waals surface area contributed by atoms with Gasteiger partial charge in [-0.15, -0.1) is 0 Å². The zero-order valence-corrected chi connectivity index (χ0v) is 20.9. The fourth-order valence-corrected chi connectivity index (χ4v) is 5.03. The number of likely N-dealkylation sites (tertiary alicyclic amines) is 1. The van der Waals surface area contributed by atoms with E-state index in [1.165, 1.54) is 11.0 Å². The summed E-state index contributed by atoms with van der Waals surface area (Å²) in [6.45, 7) is 5.67. The molecule has 1 N–H and O–H groups in total. The van der Waals surface area contributed by atoms with Gasteiger partial charge in [0.1, 0.15) is 35.9 Å². The lowest BCUT2D eigenvalue weighted by Crippen LogP contribution is -2.55. The standard InChI is InChI=1S/C28H32FN3O4/c1-28(2,3)36-27(34)32-22-11-9-20(14-22)25(32)26(33)31-21(16-30)13-19-10-12-23(15-24(19)29)35-17-18-7-5-4-6-8-18/h4-8,10,12,15,20-22,25H,9,11,13-14,17H2,1-3H3,(H,31,33)/t20-,21-,22+,25?/m0/s1. The van der Waals surface area contributed by atoms with E-state index in [-0.39, 0.29) is 18.4 Å². The molecule has 2 aliphatic rings. The summed E-state index contributed by atoms with van der Waals surface area (Å²) in [7, 11) is 0. The Morgan fingerprint density at radius 1 is 1.19 bits per heavy atom.